The first kappa shape index (κ1) is 22.0. The number of hydrogen-bond acceptors (Lipinski definition) is 5. The zero-order valence-corrected chi connectivity index (χ0v) is 19.0. The summed E-state index contributed by atoms with van der Waals surface area (Å²) in [5.74, 6) is 2.55. The van der Waals surface area contributed by atoms with Crippen molar-refractivity contribution in [1.29, 1.82) is 0 Å². The van der Waals surface area contributed by atoms with Crippen molar-refractivity contribution in [3.8, 4) is 11.6 Å². The van der Waals surface area contributed by atoms with E-state index in [1.165, 1.54) is 24.8 Å². The first-order valence-corrected chi connectivity index (χ1v) is 11.6. The van der Waals surface area contributed by atoms with E-state index in [9.17, 15) is 0 Å². The average molecular weight is 448 g/mol. The van der Waals surface area contributed by atoms with Gasteiger partial charge >= 0.3 is 0 Å². The second-order valence-electron chi connectivity index (χ2n) is 7.82. The Hall–Kier alpha value is -3.19. The highest BCUT2D eigenvalue weighted by Gasteiger charge is 2.16. The maximum Gasteiger partial charge on any atom is 0.234 e. The van der Waals surface area contributed by atoms with E-state index in [0.717, 1.165) is 44.0 Å². The fraction of sp³-hybridized carbons (Fsp3) is 0.320. The molecule has 32 heavy (non-hydrogen) atoms. The molecule has 1 saturated heterocycles. The highest BCUT2D eigenvalue weighted by molar-refractivity contribution is 7.80. The van der Waals surface area contributed by atoms with Crippen LogP contribution in [0.15, 0.2) is 66.7 Å². The van der Waals surface area contributed by atoms with Gasteiger partial charge in [0.1, 0.15) is 11.6 Å². The third kappa shape index (κ3) is 6.65. The Morgan fingerprint density at radius 1 is 0.938 bits per heavy atom. The Morgan fingerprint density at radius 2 is 1.66 bits per heavy atom. The van der Waals surface area contributed by atoms with Crippen LogP contribution in [0.2, 0.25) is 0 Å². The predicted octanol–water partition coefficient (Wildman–Crippen LogP) is 5.18. The van der Waals surface area contributed by atoms with Gasteiger partial charge in [0.2, 0.25) is 11.8 Å². The Kier molecular flexibility index (Phi) is 7.87. The number of thiocarbonyl (C=S) groups is 1. The highest BCUT2D eigenvalue weighted by Crippen LogP contribution is 2.26. The second-order valence-corrected chi connectivity index (χ2v) is 8.23. The predicted molar refractivity (Wildman–Crippen MR) is 134 cm³/mol. The van der Waals surface area contributed by atoms with Gasteiger partial charge in [-0.3, -0.25) is 0 Å². The number of para-hydroxylation sites is 1. The van der Waals surface area contributed by atoms with Gasteiger partial charge in [0.25, 0.3) is 0 Å². The number of aryl methyl sites for hydroxylation is 1. The summed E-state index contributed by atoms with van der Waals surface area (Å²) >= 11 is 5.48. The number of nitrogens with zero attached hydrogens (tertiary/aromatic N) is 3. The van der Waals surface area contributed by atoms with E-state index in [-0.39, 0.29) is 0 Å². The fourth-order valence-electron chi connectivity index (χ4n) is 3.70. The van der Waals surface area contributed by atoms with Crippen LogP contribution in [0.1, 0.15) is 31.2 Å². The lowest BCUT2D eigenvalue weighted by Gasteiger charge is -2.28. The minimum absolute atomic E-state index is 0.444. The molecule has 0 atom stereocenters. The van der Waals surface area contributed by atoms with E-state index in [2.05, 4.69) is 44.8 Å². The first-order chi connectivity index (χ1) is 15.8. The maximum atomic E-state index is 6.00. The minimum Gasteiger partial charge on any atom is -0.439 e. The third-order valence-corrected chi connectivity index (χ3v) is 5.58. The largest absolute Gasteiger partial charge is 0.439 e. The molecule has 3 aromatic rings. The molecule has 2 N–H and O–H groups in total. The smallest absolute Gasteiger partial charge is 0.234 e. The molecule has 4 rings (SSSR count). The number of nitrogens with one attached hydrogen (secondary N) is 2. The standard InChI is InChI=1S/C25H29N5OS/c32-25(26-16-10-13-20-11-4-1-5-12-20)29-24-27-22(30-17-8-3-9-18-30)19-23(28-24)31-21-14-6-2-7-15-21/h1-2,4-7,11-12,14-15,19H,3,8-10,13,16-18H2,(H2,26,27,28,29,32). The van der Waals surface area contributed by atoms with Gasteiger partial charge in [-0.1, -0.05) is 48.5 Å². The van der Waals surface area contributed by atoms with Gasteiger partial charge in [0.15, 0.2) is 5.11 Å². The van der Waals surface area contributed by atoms with E-state index >= 15 is 0 Å². The summed E-state index contributed by atoms with van der Waals surface area (Å²) in [5, 5.41) is 6.91. The molecule has 0 aliphatic carbocycles. The van der Waals surface area contributed by atoms with Crippen LogP contribution in [0.3, 0.4) is 0 Å². The highest BCUT2D eigenvalue weighted by atomic mass is 32.1. The zero-order chi connectivity index (χ0) is 22.0. The van der Waals surface area contributed by atoms with Crippen LogP contribution < -0.4 is 20.3 Å². The molecule has 7 heteroatoms. The Morgan fingerprint density at radius 3 is 2.41 bits per heavy atom. The van der Waals surface area contributed by atoms with Crippen molar-refractivity contribution < 1.29 is 4.74 Å². The van der Waals surface area contributed by atoms with E-state index in [1.807, 2.05) is 42.5 Å². The van der Waals surface area contributed by atoms with Gasteiger partial charge in [-0.2, -0.15) is 9.97 Å². The number of ether oxygens (including phenoxy) is 1. The summed E-state index contributed by atoms with van der Waals surface area (Å²) in [7, 11) is 0. The van der Waals surface area contributed by atoms with E-state index < -0.39 is 0 Å². The van der Waals surface area contributed by atoms with Crippen LogP contribution in [0, 0.1) is 0 Å². The SMILES string of the molecule is S=C(NCCCc1ccccc1)Nc1nc(Oc2ccccc2)cc(N2CCCCC2)n1. The van der Waals surface area contributed by atoms with Gasteiger partial charge in [0, 0.05) is 25.7 Å². The Bertz CT molecular complexity index is 994. The van der Waals surface area contributed by atoms with Crippen molar-refractivity contribution in [3.05, 3.63) is 72.3 Å². The molecule has 2 aromatic carbocycles. The third-order valence-electron chi connectivity index (χ3n) is 5.33. The molecular formula is C25H29N5OS. The molecule has 166 valence electrons. The van der Waals surface area contributed by atoms with Crippen LogP contribution in [0.4, 0.5) is 11.8 Å². The second kappa shape index (κ2) is 11.4. The average Bonchev–Trinajstić information content (AvgIpc) is 2.83. The summed E-state index contributed by atoms with van der Waals surface area (Å²) in [5.41, 5.74) is 1.33. The van der Waals surface area contributed by atoms with Gasteiger partial charge in [0.05, 0.1) is 0 Å². The van der Waals surface area contributed by atoms with Crippen molar-refractivity contribution in [3.63, 3.8) is 0 Å². The Labute approximate surface area is 195 Å². The molecule has 0 saturated carbocycles. The molecule has 1 aliphatic heterocycles. The van der Waals surface area contributed by atoms with Crippen LogP contribution in [-0.4, -0.2) is 34.7 Å². The topological polar surface area (TPSA) is 62.3 Å². The quantitative estimate of drug-likeness (QED) is 0.364. The van der Waals surface area contributed by atoms with E-state index in [0.29, 0.717) is 16.9 Å². The molecule has 0 radical (unpaired) electrons. The monoisotopic (exact) mass is 447 g/mol. The van der Waals surface area contributed by atoms with Crippen LogP contribution in [0.5, 0.6) is 11.6 Å². The van der Waals surface area contributed by atoms with Crippen LogP contribution >= 0.6 is 12.2 Å². The summed E-state index contributed by atoms with van der Waals surface area (Å²) in [4.78, 5) is 11.5. The van der Waals surface area contributed by atoms with Gasteiger partial charge in [-0.05, 0) is 62.0 Å². The maximum absolute atomic E-state index is 6.00. The van der Waals surface area contributed by atoms with Gasteiger partial charge in [-0.15, -0.1) is 0 Å². The number of anilines is 2. The van der Waals surface area contributed by atoms with Crippen molar-refractivity contribution in [1.82, 2.24) is 15.3 Å². The minimum atomic E-state index is 0.444. The normalized spacial score (nSPS) is 13.4. The molecule has 6 nitrogen and oxygen atoms in total. The molecule has 1 aromatic heterocycles. The van der Waals surface area contributed by atoms with Crippen molar-refractivity contribution >= 4 is 29.1 Å². The molecule has 1 fully saturated rings. The number of rotatable bonds is 8. The molecule has 1 aliphatic rings. The van der Waals surface area contributed by atoms with Gasteiger partial charge < -0.3 is 20.3 Å². The van der Waals surface area contributed by atoms with Crippen molar-refractivity contribution in [2.24, 2.45) is 0 Å². The van der Waals surface area contributed by atoms with Gasteiger partial charge in [-0.25, -0.2) is 0 Å². The summed E-state index contributed by atoms with van der Waals surface area (Å²) in [6.07, 6.45) is 5.60. The first-order valence-electron chi connectivity index (χ1n) is 11.2. The lowest BCUT2D eigenvalue weighted by Crippen LogP contribution is -2.32. The summed E-state index contributed by atoms with van der Waals surface area (Å²) in [6, 6.07) is 22.0. The number of aromatic nitrogens is 2. The van der Waals surface area contributed by atoms with E-state index in [1.54, 1.807) is 0 Å². The molecule has 0 spiro atoms. The van der Waals surface area contributed by atoms with Crippen LogP contribution in [-0.2, 0) is 6.42 Å². The number of hydrogen-bond donors (Lipinski definition) is 2. The molecular weight excluding hydrogens is 418 g/mol. The summed E-state index contributed by atoms with van der Waals surface area (Å²) < 4.78 is 6.00. The molecule has 0 unspecified atom stereocenters. The Balaban J connectivity index is 1.39. The van der Waals surface area contributed by atoms with Crippen LogP contribution in [0.25, 0.3) is 0 Å². The van der Waals surface area contributed by atoms with Crippen molar-refractivity contribution in [2.75, 3.05) is 29.9 Å². The fourth-order valence-corrected chi connectivity index (χ4v) is 3.89. The molecule has 2 heterocycles. The molecule has 0 amide bonds. The van der Waals surface area contributed by atoms with E-state index in [4.69, 9.17) is 21.9 Å². The lowest BCUT2D eigenvalue weighted by molar-refractivity contribution is 0.461. The number of piperidine rings is 1. The summed E-state index contributed by atoms with van der Waals surface area (Å²) in [6.45, 7) is 2.76. The lowest BCUT2D eigenvalue weighted by atomic mass is 10.1. The van der Waals surface area contributed by atoms with Crippen molar-refractivity contribution in [2.45, 2.75) is 32.1 Å². The zero-order valence-electron chi connectivity index (χ0n) is 18.2. The molecule has 0 bridgehead atoms. The number of benzene rings is 2.